The maximum Gasteiger partial charge on any atom is 0.338 e. The lowest BCUT2D eigenvalue weighted by Crippen LogP contribution is -2.33. The van der Waals surface area contributed by atoms with E-state index in [-0.39, 0.29) is 6.54 Å². The van der Waals surface area contributed by atoms with Crippen molar-refractivity contribution in [2.24, 2.45) is 5.73 Å². The van der Waals surface area contributed by atoms with Crippen molar-refractivity contribution in [1.29, 1.82) is 0 Å². The van der Waals surface area contributed by atoms with Crippen molar-refractivity contribution < 1.29 is 10.0 Å². The van der Waals surface area contributed by atoms with Gasteiger partial charge in [-0.1, -0.05) is 42.6 Å². The molecular weight excluding hydrogens is 364 g/mol. The molecular formula is C20H23ClN4O2. The highest BCUT2D eigenvalue weighted by molar-refractivity contribution is 6.32. The summed E-state index contributed by atoms with van der Waals surface area (Å²) in [5.41, 5.74) is 8.17. The Balaban J connectivity index is 1.66. The normalized spacial score (nSPS) is 11.0. The third kappa shape index (κ3) is 4.59. The molecule has 1 aromatic carbocycles. The fraction of sp³-hybridized carbons (Fsp3) is 0.300. The minimum atomic E-state index is -0.810. The van der Waals surface area contributed by atoms with Gasteiger partial charge in [-0.25, -0.2) is 14.8 Å². The fourth-order valence-corrected chi connectivity index (χ4v) is 3.46. The number of unbranched alkanes of at least 4 members (excludes halogenated alkanes) is 3. The third-order valence-electron chi connectivity index (χ3n) is 4.61. The van der Waals surface area contributed by atoms with Gasteiger partial charge in [0, 0.05) is 41.0 Å². The number of fused-ring (bicyclic) bond motifs is 1. The van der Waals surface area contributed by atoms with Gasteiger partial charge in [0.2, 0.25) is 0 Å². The second-order valence-electron chi connectivity index (χ2n) is 6.47. The predicted molar refractivity (Wildman–Crippen MR) is 107 cm³/mol. The van der Waals surface area contributed by atoms with Crippen LogP contribution in [0.25, 0.3) is 22.0 Å². The number of hydroxylamine groups is 2. The van der Waals surface area contributed by atoms with Crippen LogP contribution in [0.1, 0.15) is 25.7 Å². The molecule has 0 aliphatic carbocycles. The molecule has 3 aromatic rings. The number of urea groups is 1. The van der Waals surface area contributed by atoms with E-state index in [0.717, 1.165) is 48.7 Å². The van der Waals surface area contributed by atoms with Crippen LogP contribution in [0.15, 0.2) is 48.8 Å². The van der Waals surface area contributed by atoms with Gasteiger partial charge in [0.05, 0.1) is 6.54 Å². The first-order chi connectivity index (χ1) is 13.1. The van der Waals surface area contributed by atoms with E-state index < -0.39 is 6.03 Å². The lowest BCUT2D eigenvalue weighted by Gasteiger charge is -2.11. The Hall–Kier alpha value is -2.57. The summed E-state index contributed by atoms with van der Waals surface area (Å²) in [4.78, 5) is 14.9. The molecule has 0 spiro atoms. The van der Waals surface area contributed by atoms with E-state index in [1.165, 1.54) is 5.52 Å². The van der Waals surface area contributed by atoms with E-state index in [4.69, 9.17) is 17.3 Å². The first-order valence-corrected chi connectivity index (χ1v) is 9.40. The van der Waals surface area contributed by atoms with Crippen LogP contribution >= 0.6 is 11.6 Å². The number of hydrogen-bond acceptors (Lipinski definition) is 3. The number of benzene rings is 1. The average molecular weight is 387 g/mol. The molecule has 0 saturated carbocycles. The van der Waals surface area contributed by atoms with Crippen LogP contribution in [0.5, 0.6) is 0 Å². The maximum absolute atomic E-state index is 10.8. The highest BCUT2D eigenvalue weighted by Gasteiger charge is 2.12. The number of carbonyl (C=O) groups is 1. The van der Waals surface area contributed by atoms with Crippen LogP contribution in [0, 0.1) is 0 Å². The second kappa shape index (κ2) is 8.88. The van der Waals surface area contributed by atoms with Crippen LogP contribution in [-0.4, -0.2) is 32.4 Å². The first kappa shape index (κ1) is 19.2. The molecule has 6 nitrogen and oxygen atoms in total. The number of nitrogens with two attached hydrogens (primary N) is 1. The number of para-hydroxylation sites is 1. The van der Waals surface area contributed by atoms with Crippen molar-refractivity contribution in [3.63, 3.8) is 0 Å². The molecule has 3 rings (SSSR count). The number of hydrogen-bond donors (Lipinski definition) is 2. The van der Waals surface area contributed by atoms with Gasteiger partial charge in [0.1, 0.15) is 5.15 Å². The van der Waals surface area contributed by atoms with Crippen molar-refractivity contribution in [3.05, 3.63) is 53.9 Å². The predicted octanol–water partition coefficient (Wildman–Crippen LogP) is 4.69. The summed E-state index contributed by atoms with van der Waals surface area (Å²) in [5, 5.41) is 11.5. The summed E-state index contributed by atoms with van der Waals surface area (Å²) >= 11 is 6.30. The van der Waals surface area contributed by atoms with Crippen molar-refractivity contribution in [2.45, 2.75) is 32.2 Å². The summed E-state index contributed by atoms with van der Waals surface area (Å²) in [6.45, 7) is 1.16. The van der Waals surface area contributed by atoms with Gasteiger partial charge in [-0.3, -0.25) is 5.21 Å². The van der Waals surface area contributed by atoms with Crippen LogP contribution in [0.3, 0.4) is 0 Å². The standard InChI is InChI=1S/C20H23ClN4O2/c21-19-16(9-7-11-23-19)17-14-24(18-10-4-3-8-15(17)18)12-5-1-2-6-13-25(27)20(22)26/h3-4,7-11,14,27H,1-2,5-6,12-13H2,(H2,22,26). The molecule has 27 heavy (non-hydrogen) atoms. The van der Waals surface area contributed by atoms with Gasteiger partial charge < -0.3 is 10.3 Å². The van der Waals surface area contributed by atoms with Gasteiger partial charge in [0.25, 0.3) is 0 Å². The zero-order valence-corrected chi connectivity index (χ0v) is 15.8. The minimum absolute atomic E-state index is 0.269. The zero-order valence-electron chi connectivity index (χ0n) is 15.0. The van der Waals surface area contributed by atoms with E-state index in [0.29, 0.717) is 10.2 Å². The maximum atomic E-state index is 10.8. The van der Waals surface area contributed by atoms with Crippen molar-refractivity contribution >= 4 is 28.5 Å². The molecule has 2 aromatic heterocycles. The fourth-order valence-electron chi connectivity index (χ4n) is 3.24. The van der Waals surface area contributed by atoms with Crippen LogP contribution in [0.4, 0.5) is 4.79 Å². The first-order valence-electron chi connectivity index (χ1n) is 9.02. The highest BCUT2D eigenvalue weighted by Crippen LogP contribution is 2.34. The molecule has 0 radical (unpaired) electrons. The molecule has 0 aliphatic heterocycles. The third-order valence-corrected chi connectivity index (χ3v) is 4.91. The number of primary amides is 1. The van der Waals surface area contributed by atoms with Gasteiger partial charge >= 0.3 is 6.03 Å². The highest BCUT2D eigenvalue weighted by atomic mass is 35.5. The summed E-state index contributed by atoms with van der Waals surface area (Å²) in [6, 6.07) is 11.3. The average Bonchev–Trinajstić information content (AvgIpc) is 3.03. The number of aryl methyl sites for hydroxylation is 1. The lowest BCUT2D eigenvalue weighted by molar-refractivity contribution is -0.0403. The number of halogens is 1. The smallest absolute Gasteiger partial charge is 0.338 e. The topological polar surface area (TPSA) is 84.4 Å². The van der Waals surface area contributed by atoms with E-state index in [1.807, 2.05) is 24.3 Å². The van der Waals surface area contributed by atoms with E-state index in [1.54, 1.807) is 6.20 Å². The molecule has 2 amide bonds. The zero-order chi connectivity index (χ0) is 19.2. The molecule has 0 unspecified atom stereocenters. The van der Waals surface area contributed by atoms with E-state index in [2.05, 4.69) is 27.9 Å². The summed E-state index contributed by atoms with van der Waals surface area (Å²) in [7, 11) is 0. The van der Waals surface area contributed by atoms with Crippen LogP contribution in [0.2, 0.25) is 5.15 Å². The molecule has 3 N–H and O–H groups in total. The number of aromatic nitrogens is 2. The Kier molecular flexibility index (Phi) is 6.32. The van der Waals surface area contributed by atoms with Gasteiger partial charge in [0.15, 0.2) is 0 Å². The number of nitrogens with zero attached hydrogens (tertiary/aromatic N) is 3. The summed E-state index contributed by atoms with van der Waals surface area (Å²) in [6.07, 6.45) is 7.48. The van der Waals surface area contributed by atoms with Gasteiger partial charge in [-0.15, -0.1) is 0 Å². The molecule has 142 valence electrons. The van der Waals surface area contributed by atoms with E-state index >= 15 is 0 Å². The van der Waals surface area contributed by atoms with Crippen LogP contribution in [-0.2, 0) is 6.54 Å². The van der Waals surface area contributed by atoms with Gasteiger partial charge in [-0.05, 0) is 31.0 Å². The minimum Gasteiger partial charge on any atom is -0.350 e. The van der Waals surface area contributed by atoms with E-state index in [9.17, 15) is 10.0 Å². The second-order valence-corrected chi connectivity index (χ2v) is 6.83. The number of pyridine rings is 1. The monoisotopic (exact) mass is 386 g/mol. The van der Waals surface area contributed by atoms with Crippen LogP contribution < -0.4 is 5.73 Å². The van der Waals surface area contributed by atoms with Gasteiger partial charge in [-0.2, -0.15) is 0 Å². The Bertz CT molecular complexity index is 925. The summed E-state index contributed by atoms with van der Waals surface area (Å²) < 4.78 is 2.25. The molecule has 0 aliphatic rings. The summed E-state index contributed by atoms with van der Waals surface area (Å²) in [5.74, 6) is 0. The van der Waals surface area contributed by atoms with Crippen molar-refractivity contribution in [1.82, 2.24) is 14.6 Å². The SMILES string of the molecule is NC(=O)N(O)CCCCCCn1cc(-c2cccnc2Cl)c2ccccc21. The Labute approximate surface area is 163 Å². The Morgan fingerprint density at radius 2 is 1.89 bits per heavy atom. The Morgan fingerprint density at radius 3 is 2.67 bits per heavy atom. The van der Waals surface area contributed by atoms with Crippen molar-refractivity contribution in [3.8, 4) is 11.1 Å². The molecule has 0 atom stereocenters. The molecule has 0 fully saturated rings. The largest absolute Gasteiger partial charge is 0.350 e. The number of amides is 2. The molecule has 7 heteroatoms. The quantitative estimate of drug-likeness (QED) is 0.255. The lowest BCUT2D eigenvalue weighted by atomic mass is 10.1. The van der Waals surface area contributed by atoms with Crippen molar-refractivity contribution in [2.75, 3.05) is 6.54 Å². The Morgan fingerprint density at radius 1 is 1.11 bits per heavy atom. The number of carbonyl (C=O) groups excluding carboxylic acids is 1. The number of rotatable bonds is 8. The molecule has 0 saturated heterocycles. The molecule has 2 heterocycles. The molecule has 0 bridgehead atoms.